The van der Waals surface area contributed by atoms with E-state index < -0.39 is 0 Å². The summed E-state index contributed by atoms with van der Waals surface area (Å²) in [7, 11) is 0. The quantitative estimate of drug-likeness (QED) is 0.517. The number of thioether (sulfide) groups is 1. The first kappa shape index (κ1) is 9.86. The number of amidine groups is 1. The zero-order chi connectivity index (χ0) is 9.14. The molecule has 0 aromatic carbocycles. The maximum Gasteiger partial charge on any atom is 0.104 e. The highest BCUT2D eigenvalue weighted by molar-refractivity contribution is 8.01. The van der Waals surface area contributed by atoms with Crippen molar-refractivity contribution in [3.8, 4) is 0 Å². The van der Waals surface area contributed by atoms with E-state index in [4.69, 9.17) is 15.9 Å². The summed E-state index contributed by atoms with van der Waals surface area (Å²) in [6.45, 7) is 4.90. The first-order chi connectivity index (χ1) is 5.61. The van der Waals surface area contributed by atoms with Gasteiger partial charge in [-0.05, 0) is 20.3 Å². The van der Waals surface area contributed by atoms with Crippen LogP contribution in [0.5, 0.6) is 0 Å². The van der Waals surface area contributed by atoms with Gasteiger partial charge in [-0.2, -0.15) is 0 Å². The van der Waals surface area contributed by atoms with E-state index in [9.17, 15) is 0 Å². The highest BCUT2D eigenvalue weighted by Crippen LogP contribution is 2.29. The lowest BCUT2D eigenvalue weighted by molar-refractivity contribution is 0.127. The Morgan fingerprint density at radius 1 is 1.75 bits per heavy atom. The summed E-state index contributed by atoms with van der Waals surface area (Å²) in [4.78, 5) is 0. The Balaban J connectivity index is 2.35. The third-order valence-corrected chi connectivity index (χ3v) is 3.75. The Morgan fingerprint density at radius 2 is 2.42 bits per heavy atom. The third kappa shape index (κ3) is 2.38. The van der Waals surface area contributed by atoms with Crippen molar-refractivity contribution in [2.24, 2.45) is 5.73 Å². The number of hydrogen-bond acceptors (Lipinski definition) is 3. The lowest BCUT2D eigenvalue weighted by Gasteiger charge is -2.17. The summed E-state index contributed by atoms with van der Waals surface area (Å²) in [5.74, 6) is 0.263. The first-order valence-corrected chi connectivity index (χ1v) is 5.16. The molecule has 0 aromatic heterocycles. The van der Waals surface area contributed by atoms with Crippen molar-refractivity contribution in [2.45, 2.75) is 36.9 Å². The van der Waals surface area contributed by atoms with Gasteiger partial charge in [0.25, 0.3) is 0 Å². The van der Waals surface area contributed by atoms with Crippen LogP contribution in [0.1, 0.15) is 20.3 Å². The van der Waals surface area contributed by atoms with Crippen molar-refractivity contribution < 1.29 is 4.74 Å². The van der Waals surface area contributed by atoms with Crippen molar-refractivity contribution in [3.05, 3.63) is 0 Å². The molecule has 3 nitrogen and oxygen atoms in total. The van der Waals surface area contributed by atoms with Crippen molar-refractivity contribution >= 4 is 17.6 Å². The topological polar surface area (TPSA) is 59.1 Å². The van der Waals surface area contributed by atoms with Crippen molar-refractivity contribution in [1.82, 2.24) is 0 Å². The van der Waals surface area contributed by atoms with Crippen molar-refractivity contribution in [2.75, 3.05) is 6.61 Å². The Bertz CT molecular complexity index is 174. The van der Waals surface area contributed by atoms with Gasteiger partial charge in [-0.15, -0.1) is 11.8 Å². The molecule has 12 heavy (non-hydrogen) atoms. The number of nitrogens with one attached hydrogen (secondary N) is 1. The average Bonchev–Trinajstić information content (AvgIpc) is 2.36. The molecule has 3 atom stereocenters. The third-order valence-electron chi connectivity index (χ3n) is 2.12. The highest BCUT2D eigenvalue weighted by atomic mass is 32.2. The molecular formula is C8H16N2OS. The maximum atomic E-state index is 7.25. The minimum atomic E-state index is 0.124. The van der Waals surface area contributed by atoms with Gasteiger partial charge in [0, 0.05) is 11.9 Å². The zero-order valence-corrected chi connectivity index (χ0v) is 8.36. The number of nitrogens with two attached hydrogens (primary N) is 1. The van der Waals surface area contributed by atoms with Crippen LogP contribution in [-0.2, 0) is 4.74 Å². The van der Waals surface area contributed by atoms with Gasteiger partial charge < -0.3 is 10.5 Å². The van der Waals surface area contributed by atoms with E-state index in [0.717, 1.165) is 13.0 Å². The van der Waals surface area contributed by atoms with E-state index in [1.807, 2.05) is 6.92 Å². The van der Waals surface area contributed by atoms with E-state index in [-0.39, 0.29) is 11.1 Å². The molecule has 1 heterocycles. The van der Waals surface area contributed by atoms with Crippen LogP contribution in [0.4, 0.5) is 0 Å². The van der Waals surface area contributed by atoms with E-state index >= 15 is 0 Å². The summed E-state index contributed by atoms with van der Waals surface area (Å²) >= 11 is 1.75. The van der Waals surface area contributed by atoms with E-state index in [2.05, 4.69) is 6.92 Å². The monoisotopic (exact) mass is 188 g/mol. The molecule has 3 N–H and O–H groups in total. The second-order valence-corrected chi connectivity index (χ2v) is 4.72. The fraction of sp³-hybridized carbons (Fsp3) is 0.875. The molecule has 0 bridgehead atoms. The number of rotatable bonds is 3. The Hall–Kier alpha value is -0.220. The van der Waals surface area contributed by atoms with Gasteiger partial charge in [-0.1, -0.05) is 0 Å². The fourth-order valence-electron chi connectivity index (χ4n) is 1.23. The largest absolute Gasteiger partial charge is 0.387 e. The molecule has 70 valence electrons. The molecule has 0 radical (unpaired) electrons. The normalized spacial score (nSPS) is 31.8. The molecule has 1 saturated heterocycles. The van der Waals surface area contributed by atoms with Crippen LogP contribution in [0.2, 0.25) is 0 Å². The molecule has 1 rings (SSSR count). The summed E-state index contributed by atoms with van der Waals surface area (Å²) in [6.07, 6.45) is 1.40. The van der Waals surface area contributed by atoms with Crippen molar-refractivity contribution in [1.29, 1.82) is 5.41 Å². The molecule has 1 aliphatic heterocycles. The molecule has 1 aliphatic rings. The van der Waals surface area contributed by atoms with Crippen molar-refractivity contribution in [3.63, 3.8) is 0 Å². The fourth-order valence-corrected chi connectivity index (χ4v) is 2.43. The lowest BCUT2D eigenvalue weighted by Crippen LogP contribution is -2.26. The van der Waals surface area contributed by atoms with Gasteiger partial charge in [-0.3, -0.25) is 5.41 Å². The van der Waals surface area contributed by atoms with Crippen LogP contribution < -0.4 is 5.73 Å². The molecule has 0 aliphatic carbocycles. The van der Waals surface area contributed by atoms with E-state index in [1.54, 1.807) is 11.8 Å². The predicted molar refractivity (Wildman–Crippen MR) is 52.8 cm³/mol. The standard InChI is InChI=1S/C8H16N2OS/c1-5-7(3-4-11-5)12-6(2)8(9)10/h5-7H,3-4H2,1-2H3,(H3,9,10). The van der Waals surface area contributed by atoms with Gasteiger partial charge >= 0.3 is 0 Å². The molecule has 0 aromatic rings. The van der Waals surface area contributed by atoms with Crippen LogP contribution in [-0.4, -0.2) is 29.0 Å². The van der Waals surface area contributed by atoms with E-state index in [0.29, 0.717) is 11.4 Å². The molecule has 4 heteroatoms. The van der Waals surface area contributed by atoms with E-state index in [1.165, 1.54) is 0 Å². The second kappa shape index (κ2) is 4.14. The summed E-state index contributed by atoms with van der Waals surface area (Å²) < 4.78 is 5.41. The number of hydrogen-bond donors (Lipinski definition) is 2. The molecule has 0 saturated carbocycles. The van der Waals surface area contributed by atoms with Gasteiger partial charge in [0.2, 0.25) is 0 Å². The molecular weight excluding hydrogens is 172 g/mol. The lowest BCUT2D eigenvalue weighted by atomic mass is 10.3. The molecule has 0 amide bonds. The van der Waals surface area contributed by atoms with Gasteiger partial charge in [-0.25, -0.2) is 0 Å². The van der Waals surface area contributed by atoms with Crippen LogP contribution in [0.25, 0.3) is 0 Å². The molecule has 3 unspecified atom stereocenters. The van der Waals surface area contributed by atoms with Crippen LogP contribution in [0.15, 0.2) is 0 Å². The highest BCUT2D eigenvalue weighted by Gasteiger charge is 2.26. The molecule has 0 spiro atoms. The van der Waals surface area contributed by atoms with Gasteiger partial charge in [0.15, 0.2) is 0 Å². The Labute approximate surface area is 77.5 Å². The summed E-state index contributed by atoms with van der Waals surface area (Å²) in [5.41, 5.74) is 5.38. The minimum Gasteiger partial charge on any atom is -0.387 e. The Morgan fingerprint density at radius 3 is 2.83 bits per heavy atom. The van der Waals surface area contributed by atoms with Gasteiger partial charge in [0.05, 0.1) is 11.4 Å². The molecule has 1 fully saturated rings. The maximum absolute atomic E-state index is 7.25. The van der Waals surface area contributed by atoms with Gasteiger partial charge in [0.1, 0.15) is 5.84 Å². The second-order valence-electron chi connectivity index (χ2n) is 3.14. The Kier molecular flexibility index (Phi) is 3.40. The first-order valence-electron chi connectivity index (χ1n) is 4.22. The summed E-state index contributed by atoms with van der Waals surface area (Å²) in [6, 6.07) is 0. The number of ether oxygens (including phenoxy) is 1. The van der Waals surface area contributed by atoms with Crippen LogP contribution in [0, 0.1) is 5.41 Å². The van der Waals surface area contributed by atoms with Crippen LogP contribution >= 0.6 is 11.8 Å². The smallest absolute Gasteiger partial charge is 0.104 e. The summed E-state index contributed by atoms with van der Waals surface area (Å²) in [5, 5.41) is 7.89. The predicted octanol–water partition coefficient (Wildman–Crippen LogP) is 1.22. The SMILES string of the molecule is CC(SC1CCOC1C)C(=N)N. The minimum absolute atomic E-state index is 0.124. The van der Waals surface area contributed by atoms with Crippen LogP contribution in [0.3, 0.4) is 0 Å². The zero-order valence-electron chi connectivity index (χ0n) is 7.54. The average molecular weight is 188 g/mol.